The molecule has 0 aliphatic rings. The maximum absolute atomic E-state index is 6.32. The second-order valence-corrected chi connectivity index (χ2v) is 6.59. The van der Waals surface area contributed by atoms with Crippen LogP contribution in [0.4, 0.5) is 0 Å². The molecule has 2 rings (SSSR count). The summed E-state index contributed by atoms with van der Waals surface area (Å²) < 4.78 is 1.13. The van der Waals surface area contributed by atoms with E-state index in [2.05, 4.69) is 41.9 Å². The van der Waals surface area contributed by atoms with Crippen LogP contribution in [-0.2, 0) is 6.42 Å². The largest absolute Gasteiger partial charge is 0.324 e. The molecule has 0 aliphatic carbocycles. The van der Waals surface area contributed by atoms with Crippen molar-refractivity contribution in [1.82, 2.24) is 0 Å². The lowest BCUT2D eigenvalue weighted by Crippen LogP contribution is -2.14. The van der Waals surface area contributed by atoms with E-state index in [1.165, 1.54) is 11.1 Å². The van der Waals surface area contributed by atoms with Crippen molar-refractivity contribution in [3.05, 3.63) is 67.1 Å². The Morgan fingerprint density at radius 1 is 1.10 bits per heavy atom. The third-order valence-corrected chi connectivity index (χ3v) is 5.33. The predicted molar refractivity (Wildman–Crippen MR) is 90.7 cm³/mol. The van der Waals surface area contributed by atoms with Gasteiger partial charge in [-0.25, -0.2) is 0 Å². The fraction of sp³-hybridized carbons (Fsp3) is 0.250. The van der Waals surface area contributed by atoms with Crippen LogP contribution in [0.5, 0.6) is 0 Å². The quantitative estimate of drug-likeness (QED) is 0.743. The highest BCUT2D eigenvalue weighted by molar-refractivity contribution is 9.10. The van der Waals surface area contributed by atoms with Gasteiger partial charge in [-0.2, -0.15) is 0 Å². The molecule has 0 radical (unpaired) electrons. The lowest BCUT2D eigenvalue weighted by molar-refractivity contribution is 0.720. The maximum atomic E-state index is 6.32. The first kappa shape index (κ1) is 15.8. The van der Waals surface area contributed by atoms with Crippen LogP contribution >= 0.6 is 39.1 Å². The second kappa shape index (κ2) is 6.48. The van der Waals surface area contributed by atoms with E-state index in [1.54, 1.807) is 0 Å². The number of nitrogens with two attached hydrogens (primary N) is 1. The summed E-state index contributed by atoms with van der Waals surface area (Å²) in [7, 11) is 0. The molecule has 1 atom stereocenters. The highest BCUT2D eigenvalue weighted by Crippen LogP contribution is 2.30. The predicted octanol–water partition coefficient (Wildman–Crippen LogP) is 5.62. The number of halogens is 3. The van der Waals surface area contributed by atoms with Crippen LogP contribution in [-0.4, -0.2) is 0 Å². The smallest absolute Gasteiger partial charge is 0.0453 e. The molecule has 0 saturated heterocycles. The van der Waals surface area contributed by atoms with Crippen molar-refractivity contribution < 1.29 is 0 Å². The Morgan fingerprint density at radius 2 is 1.60 bits per heavy atom. The molecule has 0 saturated carbocycles. The number of aryl methyl sites for hydroxylation is 2. The van der Waals surface area contributed by atoms with Gasteiger partial charge in [-0.3, -0.25) is 0 Å². The summed E-state index contributed by atoms with van der Waals surface area (Å²) in [4.78, 5) is 0. The number of hydrogen-bond donors (Lipinski definition) is 1. The van der Waals surface area contributed by atoms with Gasteiger partial charge in [-0.15, -0.1) is 0 Å². The lowest BCUT2D eigenvalue weighted by Gasteiger charge is -2.16. The van der Waals surface area contributed by atoms with Crippen LogP contribution in [0.2, 0.25) is 10.0 Å². The number of hydrogen-bond acceptors (Lipinski definition) is 1. The van der Waals surface area contributed by atoms with Gasteiger partial charge in [0.2, 0.25) is 0 Å². The molecule has 1 nitrogen and oxygen atoms in total. The Morgan fingerprint density at radius 3 is 2.10 bits per heavy atom. The van der Waals surface area contributed by atoms with Crippen molar-refractivity contribution in [1.29, 1.82) is 0 Å². The van der Waals surface area contributed by atoms with Crippen LogP contribution < -0.4 is 5.73 Å². The SMILES string of the molecule is Cc1cc(C(N)Cc2c(Cl)cccc2Cl)cc(C)c1Br. The van der Waals surface area contributed by atoms with Gasteiger partial charge in [0.15, 0.2) is 0 Å². The van der Waals surface area contributed by atoms with Crippen molar-refractivity contribution in [2.45, 2.75) is 26.3 Å². The van der Waals surface area contributed by atoms with Gasteiger partial charge in [0.25, 0.3) is 0 Å². The minimum Gasteiger partial charge on any atom is -0.324 e. The van der Waals surface area contributed by atoms with Crippen LogP contribution in [0.25, 0.3) is 0 Å². The van der Waals surface area contributed by atoms with E-state index < -0.39 is 0 Å². The van der Waals surface area contributed by atoms with Crippen LogP contribution in [0, 0.1) is 13.8 Å². The van der Waals surface area contributed by atoms with Crippen molar-refractivity contribution in [3.63, 3.8) is 0 Å². The van der Waals surface area contributed by atoms with Crippen molar-refractivity contribution >= 4 is 39.1 Å². The van der Waals surface area contributed by atoms with Gasteiger partial charge in [0.05, 0.1) is 0 Å². The Balaban J connectivity index is 2.31. The molecule has 20 heavy (non-hydrogen) atoms. The Bertz CT molecular complexity index is 597. The molecule has 2 aromatic carbocycles. The summed E-state index contributed by atoms with van der Waals surface area (Å²) >= 11 is 16.0. The molecule has 2 N–H and O–H groups in total. The van der Waals surface area contributed by atoms with E-state index in [1.807, 2.05) is 18.2 Å². The van der Waals surface area contributed by atoms with Gasteiger partial charge in [0.1, 0.15) is 0 Å². The van der Waals surface area contributed by atoms with E-state index in [9.17, 15) is 0 Å². The number of rotatable bonds is 3. The van der Waals surface area contributed by atoms with Crippen molar-refractivity contribution in [2.75, 3.05) is 0 Å². The van der Waals surface area contributed by atoms with Crippen LogP contribution in [0.3, 0.4) is 0 Å². The van der Waals surface area contributed by atoms with Gasteiger partial charge >= 0.3 is 0 Å². The van der Waals surface area contributed by atoms with E-state index in [-0.39, 0.29) is 6.04 Å². The van der Waals surface area contributed by atoms with E-state index in [0.717, 1.165) is 15.6 Å². The molecule has 0 heterocycles. The zero-order chi connectivity index (χ0) is 14.9. The normalized spacial score (nSPS) is 12.5. The average molecular weight is 373 g/mol. The number of benzene rings is 2. The molecule has 106 valence electrons. The first-order valence-corrected chi connectivity index (χ1v) is 7.90. The summed E-state index contributed by atoms with van der Waals surface area (Å²) in [6, 6.07) is 9.60. The molecular formula is C16H16BrCl2N. The molecular weight excluding hydrogens is 357 g/mol. The maximum Gasteiger partial charge on any atom is 0.0453 e. The second-order valence-electron chi connectivity index (χ2n) is 4.98. The molecule has 0 amide bonds. The third kappa shape index (κ3) is 3.37. The molecule has 0 aliphatic heterocycles. The third-order valence-electron chi connectivity index (χ3n) is 3.37. The van der Waals surface area contributed by atoms with Gasteiger partial charge in [-0.05, 0) is 54.7 Å². The van der Waals surface area contributed by atoms with Crippen molar-refractivity contribution in [3.8, 4) is 0 Å². The minimum absolute atomic E-state index is 0.127. The average Bonchev–Trinajstić information content (AvgIpc) is 2.39. The zero-order valence-electron chi connectivity index (χ0n) is 11.4. The summed E-state index contributed by atoms with van der Waals surface area (Å²) in [5.74, 6) is 0. The Labute approximate surface area is 138 Å². The molecule has 0 bridgehead atoms. The standard InChI is InChI=1S/C16H16BrCl2N/c1-9-6-11(7-10(2)16(9)17)15(20)8-12-13(18)4-3-5-14(12)19/h3-7,15H,8,20H2,1-2H3. The zero-order valence-corrected chi connectivity index (χ0v) is 14.5. The summed E-state index contributed by atoms with van der Waals surface area (Å²) in [6.07, 6.45) is 0.624. The summed E-state index contributed by atoms with van der Waals surface area (Å²) in [5, 5.41) is 1.33. The summed E-state index contributed by atoms with van der Waals surface area (Å²) in [6.45, 7) is 4.13. The highest BCUT2D eigenvalue weighted by Gasteiger charge is 2.14. The topological polar surface area (TPSA) is 26.0 Å². The van der Waals surface area contributed by atoms with Crippen LogP contribution in [0.15, 0.2) is 34.8 Å². The van der Waals surface area contributed by atoms with Crippen LogP contribution in [0.1, 0.15) is 28.3 Å². The molecule has 1 unspecified atom stereocenters. The Kier molecular flexibility index (Phi) is 5.14. The lowest BCUT2D eigenvalue weighted by atomic mass is 9.96. The molecule has 0 spiro atoms. The first-order chi connectivity index (χ1) is 9.40. The molecule has 2 aromatic rings. The van der Waals surface area contributed by atoms with E-state index in [4.69, 9.17) is 28.9 Å². The summed E-state index contributed by atoms with van der Waals surface area (Å²) in [5.41, 5.74) is 10.7. The van der Waals surface area contributed by atoms with E-state index in [0.29, 0.717) is 16.5 Å². The first-order valence-electron chi connectivity index (χ1n) is 6.35. The van der Waals surface area contributed by atoms with E-state index >= 15 is 0 Å². The highest BCUT2D eigenvalue weighted by atomic mass is 79.9. The molecule has 0 fully saturated rings. The fourth-order valence-corrected chi connectivity index (χ4v) is 3.04. The Hall–Kier alpha value is -0.540. The molecule has 4 heteroatoms. The van der Waals surface area contributed by atoms with Gasteiger partial charge in [-0.1, -0.05) is 57.3 Å². The monoisotopic (exact) mass is 371 g/mol. The fourth-order valence-electron chi connectivity index (χ4n) is 2.26. The minimum atomic E-state index is -0.127. The van der Waals surface area contributed by atoms with Gasteiger partial charge < -0.3 is 5.73 Å². The molecule has 0 aromatic heterocycles. The van der Waals surface area contributed by atoms with Crippen molar-refractivity contribution in [2.24, 2.45) is 5.73 Å². The van der Waals surface area contributed by atoms with Gasteiger partial charge in [0, 0.05) is 20.6 Å².